The Morgan fingerprint density at radius 3 is 2.55 bits per heavy atom. The fourth-order valence-corrected chi connectivity index (χ4v) is 5.45. The van der Waals surface area contributed by atoms with Crippen LogP contribution < -0.4 is 5.32 Å². The maximum Gasteiger partial charge on any atom is 0.325 e. The average molecular weight is 437 g/mol. The maximum absolute atomic E-state index is 13.3. The molecule has 3 amide bonds. The van der Waals surface area contributed by atoms with E-state index in [2.05, 4.69) is 23.5 Å². The molecule has 0 aromatic heterocycles. The van der Waals surface area contributed by atoms with Gasteiger partial charge in [0.15, 0.2) is 5.78 Å². The lowest BCUT2D eigenvalue weighted by Crippen LogP contribution is -2.41. The number of nitrogens with one attached hydrogen (secondary N) is 1. The molecule has 1 aliphatic heterocycles. The van der Waals surface area contributed by atoms with Crippen LogP contribution in [0.3, 0.4) is 0 Å². The van der Waals surface area contributed by atoms with E-state index in [1.165, 1.54) is 22.3 Å². The second-order valence-corrected chi connectivity index (χ2v) is 9.41. The monoisotopic (exact) mass is 436 g/mol. The number of Topliss-reactive ketones (excluding diaryl/α,β-unsaturated/α-hetero) is 1. The summed E-state index contributed by atoms with van der Waals surface area (Å²) < 4.78 is 0. The molecular weight excluding hydrogens is 412 g/mol. The molecule has 33 heavy (non-hydrogen) atoms. The quantitative estimate of drug-likeness (QED) is 0.381. The molecule has 1 unspecified atom stereocenters. The predicted octanol–water partition coefficient (Wildman–Crippen LogP) is 4.40. The molecule has 1 heterocycles. The summed E-state index contributed by atoms with van der Waals surface area (Å²) in [5.74, 6) is -0.630. The van der Waals surface area contributed by atoms with Crippen LogP contribution >= 0.6 is 0 Å². The predicted molar refractivity (Wildman–Crippen MR) is 125 cm³/mol. The second kappa shape index (κ2) is 7.14. The summed E-state index contributed by atoms with van der Waals surface area (Å²) in [6, 6.07) is 19.3. The van der Waals surface area contributed by atoms with Crippen molar-refractivity contribution in [2.45, 2.75) is 38.1 Å². The van der Waals surface area contributed by atoms with Gasteiger partial charge in [-0.25, -0.2) is 4.79 Å². The molecule has 5 nitrogen and oxygen atoms in total. The Bertz CT molecular complexity index is 1360. The Kier molecular flexibility index (Phi) is 4.31. The van der Waals surface area contributed by atoms with E-state index in [1.807, 2.05) is 36.4 Å². The van der Waals surface area contributed by atoms with Gasteiger partial charge in [0.05, 0.1) is 6.54 Å². The van der Waals surface area contributed by atoms with Gasteiger partial charge in [0.25, 0.3) is 5.91 Å². The highest BCUT2D eigenvalue weighted by Gasteiger charge is 2.49. The van der Waals surface area contributed by atoms with Crippen molar-refractivity contribution in [1.29, 1.82) is 0 Å². The highest BCUT2D eigenvalue weighted by molar-refractivity contribution is 6.11. The van der Waals surface area contributed by atoms with Crippen LogP contribution in [0.4, 0.5) is 4.79 Å². The first-order valence-electron chi connectivity index (χ1n) is 11.4. The van der Waals surface area contributed by atoms with Crippen LogP contribution in [0.2, 0.25) is 0 Å². The number of nitrogens with zero attached hydrogens (tertiary/aromatic N) is 1. The number of hydrogen-bond acceptors (Lipinski definition) is 3. The number of carbonyl (C=O) groups is 3. The zero-order valence-corrected chi connectivity index (χ0v) is 18.5. The Morgan fingerprint density at radius 1 is 0.909 bits per heavy atom. The smallest absolute Gasteiger partial charge is 0.319 e. The standard InChI is InChI=1S/C28H24N2O3/c1-28(22-12-11-17-6-4-7-18(17)14-22)26(32)30(27(33)29-28)16-25(31)21-10-9-20-13-19-5-2-3-8-23(19)24(20)15-21/h2-3,5,8-12,14-15H,4,6-7,13,16H2,1H3,(H,29,33). The van der Waals surface area contributed by atoms with Gasteiger partial charge in [0, 0.05) is 5.56 Å². The first kappa shape index (κ1) is 19.9. The number of rotatable bonds is 4. The summed E-state index contributed by atoms with van der Waals surface area (Å²) in [5, 5.41) is 2.83. The molecule has 0 saturated carbocycles. The molecule has 164 valence electrons. The zero-order valence-electron chi connectivity index (χ0n) is 18.5. The van der Waals surface area contributed by atoms with Crippen molar-refractivity contribution in [2.24, 2.45) is 0 Å². The highest BCUT2D eigenvalue weighted by Crippen LogP contribution is 2.37. The normalized spacial score (nSPS) is 20.5. The number of ketones is 1. The van der Waals surface area contributed by atoms with Crippen LogP contribution in [0.15, 0.2) is 60.7 Å². The van der Waals surface area contributed by atoms with Crippen molar-refractivity contribution < 1.29 is 14.4 Å². The Balaban J connectivity index is 1.26. The van der Waals surface area contributed by atoms with Gasteiger partial charge in [-0.3, -0.25) is 14.5 Å². The summed E-state index contributed by atoms with van der Waals surface area (Å²) in [7, 11) is 0. The van der Waals surface area contributed by atoms with Crippen LogP contribution in [-0.4, -0.2) is 29.2 Å². The topological polar surface area (TPSA) is 66.5 Å². The van der Waals surface area contributed by atoms with E-state index < -0.39 is 11.6 Å². The maximum atomic E-state index is 13.3. The van der Waals surface area contributed by atoms with Gasteiger partial charge >= 0.3 is 6.03 Å². The lowest BCUT2D eigenvalue weighted by Gasteiger charge is -2.23. The molecule has 6 rings (SSSR count). The number of imide groups is 1. The zero-order chi connectivity index (χ0) is 22.7. The number of carbonyl (C=O) groups excluding carboxylic acids is 3. The minimum absolute atomic E-state index is 0.246. The first-order chi connectivity index (χ1) is 15.9. The number of aryl methyl sites for hydroxylation is 2. The minimum Gasteiger partial charge on any atom is -0.319 e. The molecule has 0 spiro atoms. The van der Waals surface area contributed by atoms with Crippen molar-refractivity contribution in [1.82, 2.24) is 10.2 Å². The van der Waals surface area contributed by atoms with Crippen molar-refractivity contribution >= 4 is 17.7 Å². The molecule has 1 fully saturated rings. The first-order valence-corrected chi connectivity index (χ1v) is 11.4. The summed E-state index contributed by atoms with van der Waals surface area (Å²) in [6.07, 6.45) is 4.01. The van der Waals surface area contributed by atoms with E-state index in [-0.39, 0.29) is 18.2 Å². The molecule has 0 radical (unpaired) electrons. The van der Waals surface area contributed by atoms with Crippen LogP contribution in [0, 0.1) is 0 Å². The van der Waals surface area contributed by atoms with Gasteiger partial charge in [-0.15, -0.1) is 0 Å². The summed E-state index contributed by atoms with van der Waals surface area (Å²) in [6.45, 7) is 1.45. The van der Waals surface area contributed by atoms with Crippen molar-refractivity contribution in [3.05, 3.63) is 94.0 Å². The molecule has 3 aromatic rings. The highest BCUT2D eigenvalue weighted by atomic mass is 16.2. The largest absolute Gasteiger partial charge is 0.325 e. The molecular formula is C28H24N2O3. The van der Waals surface area contributed by atoms with E-state index in [9.17, 15) is 14.4 Å². The SMILES string of the molecule is CC1(c2ccc3c(c2)CCC3)NC(=O)N(CC(=O)c2ccc3c(c2)-c2ccccc2C3)C1=O. The van der Waals surface area contributed by atoms with E-state index in [0.29, 0.717) is 5.56 Å². The van der Waals surface area contributed by atoms with E-state index >= 15 is 0 Å². The third-order valence-corrected chi connectivity index (χ3v) is 7.37. The fraction of sp³-hybridized carbons (Fsp3) is 0.250. The van der Waals surface area contributed by atoms with E-state index in [1.54, 1.807) is 13.0 Å². The van der Waals surface area contributed by atoms with Crippen LogP contribution in [-0.2, 0) is 29.6 Å². The summed E-state index contributed by atoms with van der Waals surface area (Å²) >= 11 is 0. The molecule has 1 N–H and O–H groups in total. The summed E-state index contributed by atoms with van der Waals surface area (Å²) in [5.41, 5.74) is 7.29. The van der Waals surface area contributed by atoms with Gasteiger partial charge in [0.1, 0.15) is 5.54 Å². The summed E-state index contributed by atoms with van der Waals surface area (Å²) in [4.78, 5) is 40.3. The van der Waals surface area contributed by atoms with Gasteiger partial charge in [0.2, 0.25) is 0 Å². The molecule has 2 aliphatic carbocycles. The second-order valence-electron chi connectivity index (χ2n) is 9.41. The molecule has 3 aliphatic rings. The van der Waals surface area contributed by atoms with Crippen molar-refractivity contribution in [3.8, 4) is 11.1 Å². The van der Waals surface area contributed by atoms with E-state index in [4.69, 9.17) is 0 Å². The Hall–Kier alpha value is -3.73. The third-order valence-electron chi connectivity index (χ3n) is 7.37. The molecule has 1 saturated heterocycles. The Morgan fingerprint density at radius 2 is 1.67 bits per heavy atom. The molecule has 1 atom stereocenters. The number of hydrogen-bond donors (Lipinski definition) is 1. The van der Waals surface area contributed by atoms with Crippen molar-refractivity contribution in [3.63, 3.8) is 0 Å². The van der Waals surface area contributed by atoms with Crippen LogP contribution in [0.5, 0.6) is 0 Å². The molecule has 0 bridgehead atoms. The number of benzene rings is 3. The van der Waals surface area contributed by atoms with Gasteiger partial charge in [-0.1, -0.05) is 54.6 Å². The van der Waals surface area contributed by atoms with Gasteiger partial charge in [-0.05, 0) is 77.6 Å². The molecule has 3 aromatic carbocycles. The van der Waals surface area contributed by atoms with E-state index in [0.717, 1.165) is 47.3 Å². The molecule has 5 heteroatoms. The van der Waals surface area contributed by atoms with Crippen LogP contribution in [0.25, 0.3) is 11.1 Å². The minimum atomic E-state index is -1.16. The van der Waals surface area contributed by atoms with Crippen molar-refractivity contribution in [2.75, 3.05) is 6.54 Å². The fourth-order valence-electron chi connectivity index (χ4n) is 5.45. The average Bonchev–Trinajstić information content (AvgIpc) is 3.49. The lowest BCUT2D eigenvalue weighted by molar-refractivity contribution is -0.130. The Labute approximate surface area is 192 Å². The number of urea groups is 1. The number of amides is 3. The lowest BCUT2D eigenvalue weighted by atomic mass is 9.89. The third kappa shape index (κ3) is 3.03. The van der Waals surface area contributed by atoms with Gasteiger partial charge < -0.3 is 5.32 Å². The number of fused-ring (bicyclic) bond motifs is 4. The van der Waals surface area contributed by atoms with Crippen LogP contribution in [0.1, 0.15) is 51.5 Å². The van der Waals surface area contributed by atoms with Gasteiger partial charge in [-0.2, -0.15) is 0 Å².